The number of nitrogens with one attached hydrogen (secondary N) is 1. The van der Waals surface area contributed by atoms with Gasteiger partial charge in [0.1, 0.15) is 0 Å². The Kier molecular flexibility index (Phi) is 5.42. The summed E-state index contributed by atoms with van der Waals surface area (Å²) in [6.07, 6.45) is 2.14. The second-order valence-electron chi connectivity index (χ2n) is 4.71. The Morgan fingerprint density at radius 1 is 1.29 bits per heavy atom. The third kappa shape index (κ3) is 4.00. The second-order valence-corrected chi connectivity index (χ2v) is 4.71. The summed E-state index contributed by atoms with van der Waals surface area (Å²) in [6, 6.07) is 5.37. The number of benzene rings is 1. The van der Waals surface area contributed by atoms with E-state index < -0.39 is 0 Å². The van der Waals surface area contributed by atoms with E-state index in [1.165, 1.54) is 7.11 Å². The lowest BCUT2D eigenvalue weighted by atomic mass is 9.97. The van der Waals surface area contributed by atoms with Crippen LogP contribution in [0.15, 0.2) is 18.2 Å². The molecule has 1 aromatic rings. The highest BCUT2D eigenvalue weighted by Gasteiger charge is 2.12. The van der Waals surface area contributed by atoms with Crippen LogP contribution in [-0.2, 0) is 0 Å². The maximum atomic E-state index is 13.6. The van der Waals surface area contributed by atoms with Crippen LogP contribution in [-0.4, -0.2) is 14.2 Å². The Morgan fingerprint density at radius 3 is 2.47 bits per heavy atom. The molecule has 1 N–H and O–H groups in total. The van der Waals surface area contributed by atoms with Crippen molar-refractivity contribution in [3.05, 3.63) is 29.6 Å². The van der Waals surface area contributed by atoms with Gasteiger partial charge in [0.2, 0.25) is 0 Å². The van der Waals surface area contributed by atoms with Crippen LogP contribution in [0.3, 0.4) is 0 Å². The topological polar surface area (TPSA) is 21.3 Å². The first-order valence-electron chi connectivity index (χ1n) is 6.09. The summed E-state index contributed by atoms with van der Waals surface area (Å²) in [5.74, 6) is 0.663. The molecule has 3 heteroatoms. The highest BCUT2D eigenvalue weighted by Crippen LogP contribution is 2.25. The maximum absolute atomic E-state index is 13.6. The lowest BCUT2D eigenvalue weighted by Crippen LogP contribution is -2.17. The molecule has 0 amide bonds. The fraction of sp³-hybridized carbons (Fsp3) is 0.571. The van der Waals surface area contributed by atoms with E-state index in [4.69, 9.17) is 4.74 Å². The highest BCUT2D eigenvalue weighted by molar-refractivity contribution is 5.31. The Labute approximate surface area is 103 Å². The van der Waals surface area contributed by atoms with Gasteiger partial charge in [0.25, 0.3) is 0 Å². The van der Waals surface area contributed by atoms with E-state index in [0.717, 1.165) is 18.4 Å². The molecule has 0 fully saturated rings. The molecule has 1 aromatic carbocycles. The molecule has 0 bridgehead atoms. The van der Waals surface area contributed by atoms with Crippen LogP contribution in [0, 0.1) is 11.7 Å². The van der Waals surface area contributed by atoms with E-state index in [1.807, 2.05) is 13.1 Å². The van der Waals surface area contributed by atoms with E-state index >= 15 is 0 Å². The molecule has 96 valence electrons. The fourth-order valence-corrected chi connectivity index (χ4v) is 1.88. The van der Waals surface area contributed by atoms with Crippen molar-refractivity contribution in [1.82, 2.24) is 5.32 Å². The lowest BCUT2D eigenvalue weighted by molar-refractivity contribution is 0.385. The lowest BCUT2D eigenvalue weighted by Gasteiger charge is -2.18. The number of hydrogen-bond acceptors (Lipinski definition) is 2. The molecular formula is C14H22FNO. The molecule has 1 atom stereocenters. The van der Waals surface area contributed by atoms with Gasteiger partial charge in [-0.2, -0.15) is 0 Å². The normalized spacial score (nSPS) is 12.8. The summed E-state index contributed by atoms with van der Waals surface area (Å²) in [4.78, 5) is 0. The summed E-state index contributed by atoms with van der Waals surface area (Å²) >= 11 is 0. The minimum absolute atomic E-state index is 0.206. The monoisotopic (exact) mass is 239 g/mol. The molecule has 0 aliphatic rings. The van der Waals surface area contributed by atoms with Crippen LogP contribution in [0.1, 0.15) is 38.3 Å². The molecule has 17 heavy (non-hydrogen) atoms. The predicted octanol–water partition coefficient (Wildman–Crippen LogP) is 3.53. The van der Waals surface area contributed by atoms with Gasteiger partial charge in [-0.05, 0) is 43.5 Å². The van der Waals surface area contributed by atoms with Crippen LogP contribution in [0.25, 0.3) is 0 Å². The van der Waals surface area contributed by atoms with E-state index in [2.05, 4.69) is 19.2 Å². The predicted molar refractivity (Wildman–Crippen MR) is 68.8 cm³/mol. The zero-order valence-electron chi connectivity index (χ0n) is 11.1. The van der Waals surface area contributed by atoms with E-state index in [-0.39, 0.29) is 11.9 Å². The van der Waals surface area contributed by atoms with Gasteiger partial charge in [0, 0.05) is 6.04 Å². The minimum atomic E-state index is -0.296. The molecule has 0 saturated carbocycles. The zero-order valence-corrected chi connectivity index (χ0v) is 11.1. The standard InChI is InChI=1S/C14H22FNO/c1-10(2)5-7-13(16-3)11-6-8-14(17-4)12(15)9-11/h6,8-10,13,16H,5,7H2,1-4H3. The summed E-state index contributed by atoms with van der Waals surface area (Å²) in [5.41, 5.74) is 0.978. The van der Waals surface area contributed by atoms with E-state index in [9.17, 15) is 4.39 Å². The summed E-state index contributed by atoms with van der Waals surface area (Å²) in [7, 11) is 3.39. The fourth-order valence-electron chi connectivity index (χ4n) is 1.88. The molecule has 0 spiro atoms. The minimum Gasteiger partial charge on any atom is -0.494 e. The highest BCUT2D eigenvalue weighted by atomic mass is 19.1. The van der Waals surface area contributed by atoms with Crippen LogP contribution in [0.4, 0.5) is 4.39 Å². The van der Waals surface area contributed by atoms with Gasteiger partial charge in [0.05, 0.1) is 7.11 Å². The van der Waals surface area contributed by atoms with Crippen molar-refractivity contribution in [3.8, 4) is 5.75 Å². The number of halogens is 1. The first kappa shape index (κ1) is 14.0. The van der Waals surface area contributed by atoms with Crippen molar-refractivity contribution >= 4 is 0 Å². The molecule has 1 rings (SSSR count). The van der Waals surface area contributed by atoms with Crippen LogP contribution >= 0.6 is 0 Å². The van der Waals surface area contributed by atoms with Gasteiger partial charge >= 0.3 is 0 Å². The number of methoxy groups -OCH3 is 1. The Bertz CT molecular complexity index is 352. The largest absolute Gasteiger partial charge is 0.494 e. The number of hydrogen-bond donors (Lipinski definition) is 1. The average Bonchev–Trinajstić information content (AvgIpc) is 2.29. The van der Waals surface area contributed by atoms with E-state index in [1.54, 1.807) is 12.1 Å². The summed E-state index contributed by atoms with van der Waals surface area (Å²) in [6.45, 7) is 4.39. The van der Waals surface area contributed by atoms with E-state index in [0.29, 0.717) is 11.7 Å². The smallest absolute Gasteiger partial charge is 0.165 e. The van der Waals surface area contributed by atoms with Crippen molar-refractivity contribution in [2.75, 3.05) is 14.2 Å². The SMILES string of the molecule is CNC(CCC(C)C)c1ccc(OC)c(F)c1. The van der Waals surface area contributed by atoms with Gasteiger partial charge in [0.15, 0.2) is 11.6 Å². The first-order valence-corrected chi connectivity index (χ1v) is 6.09. The second kappa shape index (κ2) is 6.60. The molecule has 0 aliphatic carbocycles. The summed E-state index contributed by atoms with van der Waals surface area (Å²) in [5, 5.41) is 3.23. The molecule has 1 unspecified atom stereocenters. The Balaban J connectivity index is 2.78. The van der Waals surface area contributed by atoms with Crippen molar-refractivity contribution in [1.29, 1.82) is 0 Å². The third-order valence-corrected chi connectivity index (χ3v) is 2.96. The molecule has 0 aromatic heterocycles. The Morgan fingerprint density at radius 2 is 2.00 bits per heavy atom. The maximum Gasteiger partial charge on any atom is 0.165 e. The molecular weight excluding hydrogens is 217 g/mol. The molecule has 0 radical (unpaired) electrons. The number of rotatable bonds is 6. The van der Waals surface area contributed by atoms with Crippen molar-refractivity contribution in [2.45, 2.75) is 32.7 Å². The average molecular weight is 239 g/mol. The molecule has 0 aliphatic heterocycles. The third-order valence-electron chi connectivity index (χ3n) is 2.96. The first-order chi connectivity index (χ1) is 8.08. The van der Waals surface area contributed by atoms with Crippen LogP contribution in [0.5, 0.6) is 5.75 Å². The molecule has 0 saturated heterocycles. The number of ether oxygens (including phenoxy) is 1. The van der Waals surface area contributed by atoms with Gasteiger partial charge in [-0.3, -0.25) is 0 Å². The van der Waals surface area contributed by atoms with Crippen LogP contribution < -0.4 is 10.1 Å². The van der Waals surface area contributed by atoms with Gasteiger partial charge in [-0.1, -0.05) is 19.9 Å². The zero-order chi connectivity index (χ0) is 12.8. The molecule has 2 nitrogen and oxygen atoms in total. The quantitative estimate of drug-likeness (QED) is 0.820. The van der Waals surface area contributed by atoms with Crippen molar-refractivity contribution in [2.24, 2.45) is 5.92 Å². The van der Waals surface area contributed by atoms with Gasteiger partial charge in [-0.15, -0.1) is 0 Å². The Hall–Kier alpha value is -1.09. The summed E-state index contributed by atoms with van der Waals surface area (Å²) < 4.78 is 18.5. The van der Waals surface area contributed by atoms with Gasteiger partial charge < -0.3 is 10.1 Å². The van der Waals surface area contributed by atoms with Crippen molar-refractivity contribution in [3.63, 3.8) is 0 Å². The van der Waals surface area contributed by atoms with Crippen molar-refractivity contribution < 1.29 is 9.13 Å². The van der Waals surface area contributed by atoms with Gasteiger partial charge in [-0.25, -0.2) is 4.39 Å². The van der Waals surface area contributed by atoms with Crippen LogP contribution in [0.2, 0.25) is 0 Å². The molecule has 0 heterocycles.